The topological polar surface area (TPSA) is 85.7 Å². The molecular weight excluding hydrogens is 314 g/mol. The molecule has 25 heavy (non-hydrogen) atoms. The molecule has 1 aromatic carbocycles. The molecule has 0 aliphatic heterocycles. The summed E-state index contributed by atoms with van der Waals surface area (Å²) in [5.74, 6) is 1.37. The molecule has 0 bridgehead atoms. The van der Waals surface area contributed by atoms with Crippen molar-refractivity contribution in [1.82, 2.24) is 9.97 Å². The molecular formula is C19H18N5O+. The van der Waals surface area contributed by atoms with Crippen molar-refractivity contribution in [3.8, 4) is 17.5 Å². The van der Waals surface area contributed by atoms with Gasteiger partial charge in [0.15, 0.2) is 5.82 Å². The van der Waals surface area contributed by atoms with Crippen LogP contribution in [0.1, 0.15) is 16.8 Å². The average Bonchev–Trinajstić information content (AvgIpc) is 2.61. The molecule has 0 atom stereocenters. The minimum absolute atomic E-state index is 0.610. The summed E-state index contributed by atoms with van der Waals surface area (Å²) in [7, 11) is 0. The van der Waals surface area contributed by atoms with Gasteiger partial charge in [0.25, 0.3) is 0 Å². The third kappa shape index (κ3) is 4.30. The Morgan fingerprint density at radius 2 is 2.00 bits per heavy atom. The second-order valence-corrected chi connectivity index (χ2v) is 5.68. The fourth-order valence-corrected chi connectivity index (χ4v) is 2.48. The molecule has 0 radical (unpaired) electrons. The van der Waals surface area contributed by atoms with Crippen molar-refractivity contribution in [2.75, 3.05) is 11.9 Å². The standard InChI is InChI=1S/C19H18N5O/c1-14-11-18(21-9-8-16-3-2-10-24(25)13-16)23-19(22-14)17-6-4-15(12-20)5-7-17/h2-7,10-11,13,25H,8-9H2,1H3,(H,21,22,23)/q+1. The largest absolute Gasteiger partial charge is 0.370 e. The van der Waals surface area contributed by atoms with Gasteiger partial charge in [0.1, 0.15) is 5.82 Å². The van der Waals surface area contributed by atoms with Crippen molar-refractivity contribution in [2.45, 2.75) is 13.3 Å². The van der Waals surface area contributed by atoms with Crippen molar-refractivity contribution in [1.29, 1.82) is 5.26 Å². The molecule has 0 aliphatic carbocycles. The van der Waals surface area contributed by atoms with Gasteiger partial charge in [0, 0.05) is 40.2 Å². The molecule has 0 unspecified atom stereocenters. The lowest BCUT2D eigenvalue weighted by Crippen LogP contribution is -2.29. The highest BCUT2D eigenvalue weighted by Crippen LogP contribution is 2.18. The normalized spacial score (nSPS) is 10.2. The molecule has 0 saturated heterocycles. The third-order valence-electron chi connectivity index (χ3n) is 3.69. The minimum atomic E-state index is 0.610. The van der Waals surface area contributed by atoms with E-state index >= 15 is 0 Å². The quantitative estimate of drug-likeness (QED) is 0.554. The molecule has 2 N–H and O–H groups in total. The molecule has 3 rings (SSSR count). The second kappa shape index (κ2) is 7.41. The summed E-state index contributed by atoms with van der Waals surface area (Å²) >= 11 is 0. The number of pyridine rings is 1. The van der Waals surface area contributed by atoms with Gasteiger partial charge in [-0.3, -0.25) is 5.21 Å². The molecule has 124 valence electrons. The highest BCUT2D eigenvalue weighted by Gasteiger charge is 2.06. The molecule has 0 spiro atoms. The summed E-state index contributed by atoms with van der Waals surface area (Å²) in [6, 6.07) is 15.0. The van der Waals surface area contributed by atoms with Gasteiger partial charge >= 0.3 is 0 Å². The number of nitriles is 1. The molecule has 0 saturated carbocycles. The van der Waals surface area contributed by atoms with E-state index in [9.17, 15) is 5.21 Å². The zero-order valence-electron chi connectivity index (χ0n) is 13.8. The van der Waals surface area contributed by atoms with E-state index in [2.05, 4.69) is 21.4 Å². The minimum Gasteiger partial charge on any atom is -0.370 e. The van der Waals surface area contributed by atoms with E-state index in [1.807, 2.05) is 31.2 Å². The zero-order chi connectivity index (χ0) is 17.6. The Labute approximate surface area is 146 Å². The number of benzene rings is 1. The molecule has 0 amide bonds. The van der Waals surface area contributed by atoms with Crippen LogP contribution in [0.4, 0.5) is 5.82 Å². The van der Waals surface area contributed by atoms with Crippen LogP contribution in [0.5, 0.6) is 0 Å². The lowest BCUT2D eigenvalue weighted by molar-refractivity contribution is -0.905. The average molecular weight is 332 g/mol. The summed E-state index contributed by atoms with van der Waals surface area (Å²) in [6.45, 7) is 2.61. The van der Waals surface area contributed by atoms with Crippen LogP contribution in [0, 0.1) is 18.3 Å². The smallest absolute Gasteiger partial charge is 0.225 e. The first-order chi connectivity index (χ1) is 12.1. The van der Waals surface area contributed by atoms with E-state index in [4.69, 9.17) is 5.26 Å². The van der Waals surface area contributed by atoms with Crippen LogP contribution in [0.25, 0.3) is 11.4 Å². The van der Waals surface area contributed by atoms with Gasteiger partial charge in [-0.05, 0) is 43.7 Å². The summed E-state index contributed by atoms with van der Waals surface area (Å²) < 4.78 is 1.05. The fourth-order valence-electron chi connectivity index (χ4n) is 2.48. The van der Waals surface area contributed by atoms with E-state index in [-0.39, 0.29) is 0 Å². The molecule has 2 heterocycles. The van der Waals surface area contributed by atoms with E-state index < -0.39 is 0 Å². The van der Waals surface area contributed by atoms with Crippen molar-refractivity contribution >= 4 is 5.82 Å². The second-order valence-electron chi connectivity index (χ2n) is 5.68. The maximum Gasteiger partial charge on any atom is 0.225 e. The van der Waals surface area contributed by atoms with Crippen LogP contribution >= 0.6 is 0 Å². The van der Waals surface area contributed by atoms with Gasteiger partial charge in [-0.2, -0.15) is 5.26 Å². The van der Waals surface area contributed by atoms with Gasteiger partial charge in [-0.25, -0.2) is 9.97 Å². The number of hydrogen-bond acceptors (Lipinski definition) is 5. The lowest BCUT2D eigenvalue weighted by Gasteiger charge is -2.08. The van der Waals surface area contributed by atoms with Crippen LogP contribution < -0.4 is 10.0 Å². The van der Waals surface area contributed by atoms with Crippen molar-refractivity contribution in [3.05, 3.63) is 71.7 Å². The summed E-state index contributed by atoms with van der Waals surface area (Å²) in [6.07, 6.45) is 4.01. The molecule has 0 fully saturated rings. The molecule has 0 aliphatic rings. The number of anilines is 1. The number of rotatable bonds is 5. The Bertz CT molecular complexity index is 916. The third-order valence-corrected chi connectivity index (χ3v) is 3.69. The fraction of sp³-hybridized carbons (Fsp3) is 0.158. The predicted molar refractivity (Wildman–Crippen MR) is 92.9 cm³/mol. The SMILES string of the molecule is Cc1cc(NCCc2ccc[n+](O)c2)nc(-c2ccc(C#N)cc2)n1. The van der Waals surface area contributed by atoms with Crippen molar-refractivity contribution in [2.24, 2.45) is 0 Å². The van der Waals surface area contributed by atoms with E-state index in [0.717, 1.165) is 33.8 Å². The Kier molecular flexibility index (Phi) is 4.86. The Balaban J connectivity index is 1.71. The maximum atomic E-state index is 9.42. The predicted octanol–water partition coefficient (Wildman–Crippen LogP) is 2.50. The highest BCUT2D eigenvalue weighted by molar-refractivity contribution is 5.58. The molecule has 6 heteroatoms. The molecule has 2 aromatic heterocycles. The monoisotopic (exact) mass is 332 g/mol. The van der Waals surface area contributed by atoms with Gasteiger partial charge in [0.05, 0.1) is 11.6 Å². The maximum absolute atomic E-state index is 9.42. The van der Waals surface area contributed by atoms with Gasteiger partial charge < -0.3 is 5.32 Å². The summed E-state index contributed by atoms with van der Waals surface area (Å²) in [5.41, 5.74) is 3.37. The number of aromatic nitrogens is 3. The molecule has 6 nitrogen and oxygen atoms in total. The first-order valence-corrected chi connectivity index (χ1v) is 7.93. The Hall–Kier alpha value is -3.46. The summed E-state index contributed by atoms with van der Waals surface area (Å²) in [4.78, 5) is 9.02. The highest BCUT2D eigenvalue weighted by atomic mass is 16.5. The van der Waals surface area contributed by atoms with Crippen LogP contribution in [0.3, 0.4) is 0 Å². The van der Waals surface area contributed by atoms with E-state index in [1.54, 1.807) is 30.6 Å². The zero-order valence-corrected chi connectivity index (χ0v) is 13.8. The van der Waals surface area contributed by atoms with Gasteiger partial charge in [-0.1, -0.05) is 0 Å². The lowest BCUT2D eigenvalue weighted by atomic mass is 10.1. The van der Waals surface area contributed by atoms with Crippen LogP contribution in [-0.2, 0) is 6.42 Å². The Morgan fingerprint density at radius 1 is 1.20 bits per heavy atom. The molecule has 3 aromatic rings. The van der Waals surface area contributed by atoms with Crippen LogP contribution in [0.2, 0.25) is 0 Å². The first kappa shape index (κ1) is 16.4. The van der Waals surface area contributed by atoms with Gasteiger partial charge in [0.2, 0.25) is 12.4 Å². The number of hydrogen-bond donors (Lipinski definition) is 2. The van der Waals surface area contributed by atoms with Crippen LogP contribution in [0.15, 0.2) is 54.9 Å². The Morgan fingerprint density at radius 3 is 2.72 bits per heavy atom. The van der Waals surface area contributed by atoms with E-state index in [1.165, 1.54) is 0 Å². The van der Waals surface area contributed by atoms with Crippen LogP contribution in [-0.4, -0.2) is 21.7 Å². The number of nitrogens with zero attached hydrogens (tertiary/aromatic N) is 4. The number of nitrogens with one attached hydrogen (secondary N) is 1. The van der Waals surface area contributed by atoms with Crippen molar-refractivity contribution in [3.63, 3.8) is 0 Å². The van der Waals surface area contributed by atoms with E-state index in [0.29, 0.717) is 17.9 Å². The van der Waals surface area contributed by atoms with Gasteiger partial charge in [-0.15, -0.1) is 0 Å². The first-order valence-electron chi connectivity index (χ1n) is 7.93. The van der Waals surface area contributed by atoms with Crippen molar-refractivity contribution < 1.29 is 9.94 Å². The summed E-state index contributed by atoms with van der Waals surface area (Å²) in [5, 5.41) is 21.6. The number of aryl methyl sites for hydroxylation is 1.